The normalized spacial score (nSPS) is 32.1. The SMILES string of the molecule is CCC[Si](C)(C1C(CC2CCCCC2)C[C@H]2C(c3ccc(C(C)(C)C)cc3)=CC=CC12)C1C(CC2CCCCC2)C[C@H]2C(c3ccc(C(C)(C)C)cc3)=CC=CC12. The van der Waals surface area contributed by atoms with Crippen molar-refractivity contribution in [3.8, 4) is 0 Å². The predicted molar refractivity (Wildman–Crippen MR) is 251 cm³/mol. The summed E-state index contributed by atoms with van der Waals surface area (Å²) >= 11 is 0. The maximum absolute atomic E-state index is 3.03. The van der Waals surface area contributed by atoms with Gasteiger partial charge in [0.2, 0.25) is 0 Å². The number of benzene rings is 2. The second-order valence-corrected chi connectivity index (χ2v) is 27.7. The summed E-state index contributed by atoms with van der Waals surface area (Å²) in [6, 6.07) is 21.2. The first kappa shape index (κ1) is 41.4. The molecule has 0 bridgehead atoms. The minimum atomic E-state index is -1.88. The molecule has 0 amide bonds. The van der Waals surface area contributed by atoms with Crippen molar-refractivity contribution in [1.29, 1.82) is 0 Å². The van der Waals surface area contributed by atoms with Crippen molar-refractivity contribution in [1.82, 2.24) is 0 Å². The van der Waals surface area contributed by atoms with E-state index in [-0.39, 0.29) is 10.8 Å². The third-order valence-corrected chi connectivity index (χ3v) is 23.4. The Labute approximate surface area is 351 Å². The largest absolute Gasteiger partial charge is 0.0808 e. The second-order valence-electron chi connectivity index (χ2n) is 22.8. The molecule has 2 aromatic rings. The van der Waals surface area contributed by atoms with Gasteiger partial charge in [0.05, 0.1) is 8.07 Å². The third kappa shape index (κ3) is 8.50. The number of rotatable bonds is 10. The van der Waals surface area contributed by atoms with Crippen LogP contribution in [0.15, 0.2) is 85.0 Å². The molecule has 0 aromatic heterocycles. The van der Waals surface area contributed by atoms with E-state index in [2.05, 4.69) is 140 Å². The van der Waals surface area contributed by atoms with Gasteiger partial charge in [0.25, 0.3) is 0 Å². The Balaban J connectivity index is 1.18. The Morgan fingerprint density at radius 1 is 0.544 bits per heavy atom. The van der Waals surface area contributed by atoms with Crippen molar-refractivity contribution < 1.29 is 0 Å². The Morgan fingerprint density at radius 2 is 0.930 bits per heavy atom. The Bertz CT molecular complexity index is 1650. The van der Waals surface area contributed by atoms with E-state index < -0.39 is 8.07 Å². The number of allylic oxidation sites excluding steroid dienone is 8. The van der Waals surface area contributed by atoms with Crippen molar-refractivity contribution >= 4 is 19.2 Å². The fourth-order valence-corrected chi connectivity index (χ4v) is 21.9. The van der Waals surface area contributed by atoms with Crippen LogP contribution >= 0.6 is 0 Å². The van der Waals surface area contributed by atoms with E-state index >= 15 is 0 Å². The van der Waals surface area contributed by atoms with Crippen LogP contribution in [0.25, 0.3) is 11.1 Å². The topological polar surface area (TPSA) is 0 Å². The number of hydrogen-bond donors (Lipinski definition) is 0. The van der Waals surface area contributed by atoms with Gasteiger partial charge in [-0.1, -0.05) is 217 Å². The van der Waals surface area contributed by atoms with E-state index in [1.807, 2.05) is 0 Å². The fourth-order valence-electron chi connectivity index (χ4n) is 14.6. The number of hydrogen-bond acceptors (Lipinski definition) is 0. The molecule has 4 saturated carbocycles. The van der Waals surface area contributed by atoms with Crippen LogP contribution in [0, 0.1) is 47.3 Å². The summed E-state index contributed by atoms with van der Waals surface area (Å²) in [7, 11) is -1.88. The van der Waals surface area contributed by atoms with Gasteiger partial charge in [-0.25, -0.2) is 0 Å². The molecule has 0 heterocycles. The summed E-state index contributed by atoms with van der Waals surface area (Å²) in [5, 5.41) is 0. The minimum absolute atomic E-state index is 0.185. The zero-order chi connectivity index (χ0) is 40.0. The molecule has 0 radical (unpaired) electrons. The monoisotopic (exact) mass is 781 g/mol. The molecular formula is C56H80Si. The Morgan fingerprint density at radius 3 is 1.28 bits per heavy atom. The number of fused-ring (bicyclic) bond motifs is 2. The first-order chi connectivity index (χ1) is 27.3. The molecule has 6 unspecified atom stereocenters. The molecule has 308 valence electrons. The molecule has 6 aliphatic carbocycles. The molecule has 57 heavy (non-hydrogen) atoms. The lowest BCUT2D eigenvalue weighted by atomic mass is 9.79. The lowest BCUT2D eigenvalue weighted by Gasteiger charge is -2.50. The zero-order valence-electron chi connectivity index (χ0n) is 37.7. The Hall–Kier alpha value is -2.38. The van der Waals surface area contributed by atoms with Crippen LogP contribution in [-0.2, 0) is 10.8 Å². The van der Waals surface area contributed by atoms with Gasteiger partial charge in [0, 0.05) is 0 Å². The van der Waals surface area contributed by atoms with Crippen molar-refractivity contribution in [3.63, 3.8) is 0 Å². The van der Waals surface area contributed by atoms with Gasteiger partial charge in [-0.05, 0) is 128 Å². The van der Waals surface area contributed by atoms with Gasteiger partial charge >= 0.3 is 0 Å². The quantitative estimate of drug-likeness (QED) is 0.211. The fraction of sp³-hybridized carbons (Fsp3) is 0.643. The average Bonchev–Trinajstić information content (AvgIpc) is 3.77. The molecule has 2 aromatic carbocycles. The summed E-state index contributed by atoms with van der Waals surface area (Å²) in [5.41, 5.74) is 11.4. The van der Waals surface area contributed by atoms with Crippen LogP contribution in [0.4, 0.5) is 0 Å². The van der Waals surface area contributed by atoms with E-state index in [1.165, 1.54) is 125 Å². The summed E-state index contributed by atoms with van der Waals surface area (Å²) < 4.78 is 0. The molecular weight excluding hydrogens is 701 g/mol. The zero-order valence-corrected chi connectivity index (χ0v) is 38.7. The van der Waals surface area contributed by atoms with Crippen molar-refractivity contribution in [2.75, 3.05) is 0 Å². The molecule has 8 atom stereocenters. The molecule has 4 fully saturated rings. The van der Waals surface area contributed by atoms with Gasteiger partial charge < -0.3 is 0 Å². The lowest BCUT2D eigenvalue weighted by Crippen LogP contribution is -2.49. The van der Waals surface area contributed by atoms with Crippen LogP contribution in [-0.4, -0.2) is 8.07 Å². The summed E-state index contributed by atoms with van der Waals surface area (Å²) in [4.78, 5) is 0. The lowest BCUT2D eigenvalue weighted by molar-refractivity contribution is 0.274. The highest BCUT2D eigenvalue weighted by Crippen LogP contribution is 2.68. The van der Waals surface area contributed by atoms with Crippen molar-refractivity contribution in [2.45, 2.75) is 179 Å². The molecule has 0 N–H and O–H groups in total. The first-order valence-electron chi connectivity index (χ1n) is 24.3. The highest BCUT2D eigenvalue weighted by atomic mass is 28.3. The summed E-state index contributed by atoms with van der Waals surface area (Å²) in [5.74, 6) is 6.38. The molecule has 8 rings (SSSR count). The van der Waals surface area contributed by atoms with Crippen LogP contribution < -0.4 is 0 Å². The van der Waals surface area contributed by atoms with Gasteiger partial charge in [0.1, 0.15) is 0 Å². The molecule has 1 heteroatoms. The average molecular weight is 781 g/mol. The van der Waals surface area contributed by atoms with Crippen molar-refractivity contribution in [2.24, 2.45) is 47.3 Å². The predicted octanol–water partition coefficient (Wildman–Crippen LogP) is 16.6. The summed E-state index contributed by atoms with van der Waals surface area (Å²) in [6.07, 6.45) is 37.7. The minimum Gasteiger partial charge on any atom is -0.0808 e. The van der Waals surface area contributed by atoms with Crippen LogP contribution in [0.3, 0.4) is 0 Å². The third-order valence-electron chi connectivity index (χ3n) is 17.1. The van der Waals surface area contributed by atoms with Gasteiger partial charge in [-0.3, -0.25) is 0 Å². The standard InChI is InChI=1S/C56H80Si/c1-9-34-57(8,53-43(35-39-18-12-10-13-19-39)37-51-47(22-16-24-49(51)53)41-26-30-45(31-27-41)55(2,3)4)54-44(36-40-20-14-11-15-21-40)38-52-48(23-17-25-50(52)54)42-28-32-46(33-29-42)56(5,6)7/h16-17,22-33,39-40,43-44,49-54H,9-15,18-21,34-38H2,1-8H3/t43?,44?,49?,50?,51-,52-,53?,54?,57?/m0/s1. The van der Waals surface area contributed by atoms with E-state index in [4.69, 9.17) is 0 Å². The Kier molecular flexibility index (Phi) is 12.3. The van der Waals surface area contributed by atoms with E-state index in [1.54, 1.807) is 11.1 Å². The molecule has 6 aliphatic rings. The molecule has 0 nitrogen and oxygen atoms in total. The van der Waals surface area contributed by atoms with Crippen LogP contribution in [0.5, 0.6) is 0 Å². The van der Waals surface area contributed by atoms with Crippen LogP contribution in [0.1, 0.15) is 167 Å². The van der Waals surface area contributed by atoms with Gasteiger partial charge in [-0.2, -0.15) is 0 Å². The molecule has 0 aliphatic heterocycles. The molecule has 0 saturated heterocycles. The van der Waals surface area contributed by atoms with Gasteiger partial charge in [0.15, 0.2) is 0 Å². The highest BCUT2D eigenvalue weighted by molar-refractivity contribution is 6.82. The van der Waals surface area contributed by atoms with Crippen LogP contribution in [0.2, 0.25) is 23.7 Å². The smallest absolute Gasteiger partial charge is 0.0584 e. The van der Waals surface area contributed by atoms with E-state index in [9.17, 15) is 0 Å². The summed E-state index contributed by atoms with van der Waals surface area (Å²) in [6.45, 7) is 19.7. The maximum Gasteiger partial charge on any atom is 0.0584 e. The van der Waals surface area contributed by atoms with E-state index in [0.29, 0.717) is 23.7 Å². The molecule has 0 spiro atoms. The highest BCUT2D eigenvalue weighted by Gasteiger charge is 2.61. The van der Waals surface area contributed by atoms with Gasteiger partial charge in [-0.15, -0.1) is 0 Å². The van der Waals surface area contributed by atoms with E-state index in [0.717, 1.165) is 34.8 Å². The second kappa shape index (κ2) is 16.9. The van der Waals surface area contributed by atoms with Crippen molar-refractivity contribution in [3.05, 3.63) is 107 Å². The first-order valence-corrected chi connectivity index (χ1v) is 27.2. The maximum atomic E-state index is 3.03.